The summed E-state index contributed by atoms with van der Waals surface area (Å²) < 4.78 is 4.88. The zero-order valence-corrected chi connectivity index (χ0v) is 15.0. The van der Waals surface area contributed by atoms with Crippen LogP contribution in [0.15, 0.2) is 48.5 Å². The number of esters is 1. The molecule has 25 heavy (non-hydrogen) atoms. The average Bonchev–Trinajstić information content (AvgIpc) is 2.59. The lowest BCUT2D eigenvalue weighted by Gasteiger charge is -2.16. The quantitative estimate of drug-likeness (QED) is 0.789. The van der Waals surface area contributed by atoms with Gasteiger partial charge in [0.2, 0.25) is 5.91 Å². The van der Waals surface area contributed by atoms with Crippen molar-refractivity contribution in [1.29, 1.82) is 0 Å². The van der Waals surface area contributed by atoms with Crippen molar-refractivity contribution in [3.8, 4) is 0 Å². The second-order valence-electron chi connectivity index (χ2n) is 6.38. The Labute approximate surface area is 149 Å². The predicted octanol–water partition coefficient (Wildman–Crippen LogP) is 2.99. The molecular weight excluding hydrogens is 314 g/mol. The molecule has 0 aromatic heterocycles. The number of nitrogens with one attached hydrogen (secondary N) is 1. The summed E-state index contributed by atoms with van der Waals surface area (Å²) in [5.41, 5.74) is 4.31. The minimum Gasteiger partial charge on any atom is -0.469 e. The first-order chi connectivity index (χ1) is 12.0. The molecule has 132 valence electrons. The molecule has 4 heteroatoms. The molecule has 0 saturated heterocycles. The standard InChI is InChI=1S/C21H25NO3/c1-15-7-9-17(10-8-15)12-19(21(24)25-3)14-22-20(23)13-18-6-4-5-16(2)11-18/h4-11,19H,12-14H2,1-3H3,(H,22,23). The van der Waals surface area contributed by atoms with E-state index in [1.54, 1.807) is 0 Å². The van der Waals surface area contributed by atoms with Crippen molar-refractivity contribution >= 4 is 11.9 Å². The highest BCUT2D eigenvalue weighted by Crippen LogP contribution is 2.12. The first-order valence-electron chi connectivity index (χ1n) is 8.43. The fraction of sp³-hybridized carbons (Fsp3) is 0.333. The molecule has 2 aromatic carbocycles. The average molecular weight is 339 g/mol. The lowest BCUT2D eigenvalue weighted by Crippen LogP contribution is -2.35. The fourth-order valence-electron chi connectivity index (χ4n) is 2.72. The number of hydrogen-bond donors (Lipinski definition) is 1. The number of hydrogen-bond acceptors (Lipinski definition) is 3. The van der Waals surface area contributed by atoms with Crippen molar-refractivity contribution in [2.45, 2.75) is 26.7 Å². The van der Waals surface area contributed by atoms with Gasteiger partial charge in [-0.05, 0) is 31.4 Å². The third kappa shape index (κ3) is 6.07. The summed E-state index contributed by atoms with van der Waals surface area (Å²) in [5.74, 6) is -0.797. The Balaban J connectivity index is 1.93. The maximum Gasteiger partial charge on any atom is 0.310 e. The molecule has 0 heterocycles. The Hall–Kier alpha value is -2.62. The summed E-state index contributed by atoms with van der Waals surface area (Å²) in [6.45, 7) is 4.29. The first-order valence-corrected chi connectivity index (χ1v) is 8.43. The molecule has 1 amide bonds. The van der Waals surface area contributed by atoms with Crippen molar-refractivity contribution in [2.75, 3.05) is 13.7 Å². The van der Waals surface area contributed by atoms with Gasteiger partial charge in [0.05, 0.1) is 19.4 Å². The van der Waals surface area contributed by atoms with E-state index in [0.29, 0.717) is 12.8 Å². The second kappa shape index (κ2) is 9.02. The molecule has 0 spiro atoms. The molecule has 0 saturated carbocycles. The molecule has 4 nitrogen and oxygen atoms in total. The normalized spacial score (nSPS) is 11.6. The number of benzene rings is 2. The first kappa shape index (κ1) is 18.7. The Kier molecular flexibility index (Phi) is 6.75. The minimum absolute atomic E-state index is 0.0941. The molecule has 0 fully saturated rings. The molecule has 1 atom stereocenters. The van der Waals surface area contributed by atoms with Gasteiger partial charge in [0, 0.05) is 6.54 Å². The molecule has 0 aliphatic rings. The number of rotatable bonds is 7. The highest BCUT2D eigenvalue weighted by atomic mass is 16.5. The highest BCUT2D eigenvalue weighted by Gasteiger charge is 2.20. The SMILES string of the molecule is COC(=O)C(CNC(=O)Cc1cccc(C)c1)Cc1ccc(C)cc1. The summed E-state index contributed by atoms with van der Waals surface area (Å²) in [7, 11) is 1.37. The van der Waals surface area contributed by atoms with Crippen LogP contribution in [0.2, 0.25) is 0 Å². The fourth-order valence-corrected chi connectivity index (χ4v) is 2.72. The van der Waals surface area contributed by atoms with E-state index >= 15 is 0 Å². The number of methoxy groups -OCH3 is 1. The number of amides is 1. The van der Waals surface area contributed by atoms with Gasteiger partial charge >= 0.3 is 5.97 Å². The van der Waals surface area contributed by atoms with E-state index in [1.165, 1.54) is 12.7 Å². The second-order valence-corrected chi connectivity index (χ2v) is 6.38. The Morgan fingerprint density at radius 2 is 1.72 bits per heavy atom. The van der Waals surface area contributed by atoms with E-state index in [4.69, 9.17) is 4.74 Å². The summed E-state index contributed by atoms with van der Waals surface area (Å²) in [6, 6.07) is 15.9. The van der Waals surface area contributed by atoms with Gasteiger partial charge in [0.1, 0.15) is 0 Å². The van der Waals surface area contributed by atoms with E-state index in [9.17, 15) is 9.59 Å². The van der Waals surface area contributed by atoms with Crippen LogP contribution in [0.25, 0.3) is 0 Å². The Bertz CT molecular complexity index is 722. The number of carbonyl (C=O) groups is 2. The van der Waals surface area contributed by atoms with Gasteiger partial charge in [0.15, 0.2) is 0 Å². The number of ether oxygens (including phenoxy) is 1. The Morgan fingerprint density at radius 1 is 1.00 bits per heavy atom. The molecule has 2 rings (SSSR count). The third-order valence-corrected chi connectivity index (χ3v) is 4.13. The third-order valence-electron chi connectivity index (χ3n) is 4.13. The van der Waals surface area contributed by atoms with Gasteiger partial charge in [-0.15, -0.1) is 0 Å². The van der Waals surface area contributed by atoms with Crippen molar-refractivity contribution in [3.63, 3.8) is 0 Å². The van der Waals surface area contributed by atoms with Crippen LogP contribution in [0.5, 0.6) is 0 Å². The summed E-state index contributed by atoms with van der Waals surface area (Å²) in [6.07, 6.45) is 0.845. The van der Waals surface area contributed by atoms with Crippen LogP contribution in [-0.4, -0.2) is 25.5 Å². The molecule has 2 aromatic rings. The highest BCUT2D eigenvalue weighted by molar-refractivity contribution is 5.80. The topological polar surface area (TPSA) is 55.4 Å². The molecule has 0 bridgehead atoms. The monoisotopic (exact) mass is 339 g/mol. The molecule has 1 unspecified atom stereocenters. The van der Waals surface area contributed by atoms with E-state index in [1.807, 2.05) is 62.4 Å². The van der Waals surface area contributed by atoms with Gasteiger partial charge in [-0.3, -0.25) is 9.59 Å². The van der Waals surface area contributed by atoms with Gasteiger partial charge in [-0.1, -0.05) is 59.7 Å². The number of aryl methyl sites for hydroxylation is 2. The predicted molar refractivity (Wildman–Crippen MR) is 98.3 cm³/mol. The number of carbonyl (C=O) groups excluding carboxylic acids is 2. The lowest BCUT2D eigenvalue weighted by molar-refractivity contribution is -0.145. The van der Waals surface area contributed by atoms with Crippen LogP contribution in [0.3, 0.4) is 0 Å². The van der Waals surface area contributed by atoms with Gasteiger partial charge in [-0.25, -0.2) is 0 Å². The van der Waals surface area contributed by atoms with E-state index in [-0.39, 0.29) is 18.4 Å². The zero-order valence-electron chi connectivity index (χ0n) is 15.0. The van der Waals surface area contributed by atoms with E-state index < -0.39 is 5.92 Å². The Morgan fingerprint density at radius 3 is 2.36 bits per heavy atom. The van der Waals surface area contributed by atoms with Crippen LogP contribution in [-0.2, 0) is 27.2 Å². The van der Waals surface area contributed by atoms with Crippen molar-refractivity contribution in [1.82, 2.24) is 5.32 Å². The smallest absolute Gasteiger partial charge is 0.310 e. The minimum atomic E-state index is -0.394. The molecule has 0 radical (unpaired) electrons. The van der Waals surface area contributed by atoms with E-state index in [2.05, 4.69) is 5.32 Å². The largest absolute Gasteiger partial charge is 0.469 e. The van der Waals surface area contributed by atoms with Crippen molar-refractivity contribution < 1.29 is 14.3 Å². The van der Waals surface area contributed by atoms with Crippen LogP contribution in [0, 0.1) is 19.8 Å². The lowest BCUT2D eigenvalue weighted by atomic mass is 9.98. The van der Waals surface area contributed by atoms with Crippen LogP contribution >= 0.6 is 0 Å². The maximum atomic E-state index is 12.2. The molecule has 1 N–H and O–H groups in total. The van der Waals surface area contributed by atoms with Gasteiger partial charge in [0.25, 0.3) is 0 Å². The van der Waals surface area contributed by atoms with E-state index in [0.717, 1.165) is 16.7 Å². The van der Waals surface area contributed by atoms with Crippen LogP contribution < -0.4 is 5.32 Å². The summed E-state index contributed by atoms with van der Waals surface area (Å²) in [5, 5.41) is 2.86. The maximum absolute atomic E-state index is 12.2. The zero-order chi connectivity index (χ0) is 18.2. The summed E-state index contributed by atoms with van der Waals surface area (Å²) >= 11 is 0. The summed E-state index contributed by atoms with van der Waals surface area (Å²) in [4.78, 5) is 24.2. The van der Waals surface area contributed by atoms with Crippen LogP contribution in [0.1, 0.15) is 22.3 Å². The van der Waals surface area contributed by atoms with Crippen molar-refractivity contribution in [3.05, 3.63) is 70.8 Å². The van der Waals surface area contributed by atoms with Gasteiger partial charge < -0.3 is 10.1 Å². The van der Waals surface area contributed by atoms with Gasteiger partial charge in [-0.2, -0.15) is 0 Å². The molecule has 0 aliphatic heterocycles. The van der Waals surface area contributed by atoms with Crippen LogP contribution in [0.4, 0.5) is 0 Å². The molecular formula is C21H25NO3. The van der Waals surface area contributed by atoms with Crippen molar-refractivity contribution in [2.24, 2.45) is 5.92 Å². The molecule has 0 aliphatic carbocycles.